The first kappa shape index (κ1) is 13.4. The van der Waals surface area contributed by atoms with E-state index in [1.54, 1.807) is 0 Å². The zero-order valence-corrected chi connectivity index (χ0v) is 12.1. The molecule has 0 unspecified atom stereocenters. The van der Waals surface area contributed by atoms with E-state index in [-0.39, 0.29) is 12.1 Å². The van der Waals surface area contributed by atoms with E-state index >= 15 is 0 Å². The van der Waals surface area contributed by atoms with Gasteiger partial charge in [0.05, 0.1) is 0 Å². The molecule has 0 aromatic carbocycles. The maximum absolute atomic E-state index is 11.9. The van der Waals surface area contributed by atoms with Gasteiger partial charge in [0, 0.05) is 31.0 Å². The van der Waals surface area contributed by atoms with Gasteiger partial charge in [0.15, 0.2) is 0 Å². The molecule has 1 aliphatic carbocycles. The first-order chi connectivity index (χ1) is 9.63. The normalized spacial score (nSPS) is 20.4. The lowest BCUT2D eigenvalue weighted by atomic mass is 9.97. The fourth-order valence-electron chi connectivity index (χ4n) is 2.57. The predicted octanol–water partition coefficient (Wildman–Crippen LogP) is 2.24. The zero-order valence-electron chi connectivity index (χ0n) is 12.1. The van der Waals surface area contributed by atoms with Crippen molar-refractivity contribution in [2.45, 2.75) is 57.4 Å². The topological polar surface area (TPSA) is 71.3 Å². The van der Waals surface area contributed by atoms with Gasteiger partial charge in [-0.05, 0) is 39.5 Å². The molecule has 0 spiro atoms. The number of carbonyl (C=O) groups excluding carboxylic acids is 1. The lowest BCUT2D eigenvalue weighted by molar-refractivity contribution is 0.174. The van der Waals surface area contributed by atoms with E-state index < -0.39 is 0 Å². The summed E-state index contributed by atoms with van der Waals surface area (Å²) in [6.07, 6.45) is 4.15. The molecule has 20 heavy (non-hydrogen) atoms. The number of nitrogens with zero attached hydrogens (tertiary/aromatic N) is 3. The number of piperidine rings is 1. The van der Waals surface area contributed by atoms with Gasteiger partial charge in [-0.3, -0.25) is 0 Å². The number of carbonyl (C=O) groups is 1. The second kappa shape index (κ2) is 5.42. The summed E-state index contributed by atoms with van der Waals surface area (Å²) >= 11 is 0. The number of aromatic nitrogens is 2. The number of urea groups is 1. The van der Waals surface area contributed by atoms with E-state index in [0.29, 0.717) is 11.8 Å². The van der Waals surface area contributed by atoms with Gasteiger partial charge in [-0.25, -0.2) is 4.79 Å². The third-order valence-corrected chi connectivity index (χ3v) is 3.93. The van der Waals surface area contributed by atoms with Crippen LogP contribution in [0.1, 0.15) is 63.1 Å². The van der Waals surface area contributed by atoms with Gasteiger partial charge >= 0.3 is 6.03 Å². The van der Waals surface area contributed by atoms with Crippen LogP contribution in [-0.2, 0) is 0 Å². The number of hydrogen-bond donors (Lipinski definition) is 1. The van der Waals surface area contributed by atoms with Gasteiger partial charge < -0.3 is 14.6 Å². The minimum absolute atomic E-state index is 0.0302. The SMILES string of the molecule is CC(C)NC(=O)N1CCC(c2nnc(C3CC3)o2)CC1. The summed E-state index contributed by atoms with van der Waals surface area (Å²) in [7, 11) is 0. The maximum Gasteiger partial charge on any atom is 0.317 e. The van der Waals surface area contributed by atoms with Gasteiger partial charge in [0.1, 0.15) is 0 Å². The van der Waals surface area contributed by atoms with Crippen LogP contribution in [0.15, 0.2) is 4.42 Å². The second-order valence-electron chi connectivity index (χ2n) is 6.12. The van der Waals surface area contributed by atoms with Crippen LogP contribution in [0.3, 0.4) is 0 Å². The van der Waals surface area contributed by atoms with Crippen LogP contribution in [0.2, 0.25) is 0 Å². The van der Waals surface area contributed by atoms with E-state index in [2.05, 4.69) is 15.5 Å². The van der Waals surface area contributed by atoms with Crippen molar-refractivity contribution < 1.29 is 9.21 Å². The van der Waals surface area contributed by atoms with Gasteiger partial charge in [-0.2, -0.15) is 0 Å². The highest BCUT2D eigenvalue weighted by atomic mass is 16.4. The maximum atomic E-state index is 11.9. The van der Waals surface area contributed by atoms with Crippen molar-refractivity contribution in [1.29, 1.82) is 0 Å². The van der Waals surface area contributed by atoms with Crippen molar-refractivity contribution in [3.8, 4) is 0 Å². The molecule has 1 aliphatic heterocycles. The highest BCUT2D eigenvalue weighted by Gasteiger charge is 2.32. The summed E-state index contributed by atoms with van der Waals surface area (Å²) in [5.74, 6) is 2.38. The largest absolute Gasteiger partial charge is 0.425 e. The Kier molecular flexibility index (Phi) is 3.63. The molecule has 0 bridgehead atoms. The lowest BCUT2D eigenvalue weighted by Gasteiger charge is -2.31. The molecule has 2 aliphatic rings. The third-order valence-electron chi connectivity index (χ3n) is 3.93. The summed E-state index contributed by atoms with van der Waals surface area (Å²) in [4.78, 5) is 13.8. The Morgan fingerprint density at radius 1 is 1.15 bits per heavy atom. The van der Waals surface area contributed by atoms with Crippen LogP contribution in [0, 0.1) is 0 Å². The van der Waals surface area contributed by atoms with Gasteiger partial charge in [-0.15, -0.1) is 10.2 Å². The molecule has 2 amide bonds. The fraction of sp³-hybridized carbons (Fsp3) is 0.786. The quantitative estimate of drug-likeness (QED) is 0.920. The second-order valence-corrected chi connectivity index (χ2v) is 6.12. The highest BCUT2D eigenvalue weighted by Crippen LogP contribution is 2.40. The van der Waals surface area contributed by atoms with Crippen LogP contribution >= 0.6 is 0 Å². The zero-order chi connectivity index (χ0) is 14.1. The van der Waals surface area contributed by atoms with Crippen LogP contribution in [0.5, 0.6) is 0 Å². The molecule has 2 fully saturated rings. The Hall–Kier alpha value is -1.59. The van der Waals surface area contributed by atoms with Gasteiger partial charge in [0.25, 0.3) is 0 Å². The summed E-state index contributed by atoms with van der Waals surface area (Å²) in [6, 6.07) is 0.208. The van der Waals surface area contributed by atoms with Crippen molar-refractivity contribution in [3.05, 3.63) is 11.8 Å². The number of likely N-dealkylation sites (tertiary alicyclic amines) is 1. The standard InChI is InChI=1S/C14H22N4O2/c1-9(2)15-14(19)18-7-5-11(6-8-18)13-17-16-12(20-13)10-3-4-10/h9-11H,3-8H2,1-2H3,(H,15,19). The molecule has 6 heteroatoms. The first-order valence-corrected chi connectivity index (χ1v) is 7.52. The monoisotopic (exact) mass is 278 g/mol. The summed E-state index contributed by atoms with van der Waals surface area (Å²) in [5, 5.41) is 11.3. The minimum Gasteiger partial charge on any atom is -0.425 e. The minimum atomic E-state index is 0.0302. The number of hydrogen-bond acceptors (Lipinski definition) is 4. The molecule has 3 rings (SSSR count). The average Bonchev–Trinajstić information content (AvgIpc) is 3.16. The van der Waals surface area contributed by atoms with Crippen molar-refractivity contribution in [3.63, 3.8) is 0 Å². The van der Waals surface area contributed by atoms with Crippen molar-refractivity contribution in [2.24, 2.45) is 0 Å². The molecule has 0 radical (unpaired) electrons. The molecular weight excluding hydrogens is 256 g/mol. The summed E-state index contributed by atoms with van der Waals surface area (Å²) in [6.45, 7) is 5.46. The Morgan fingerprint density at radius 3 is 2.20 bits per heavy atom. The molecular formula is C14H22N4O2. The summed E-state index contributed by atoms with van der Waals surface area (Å²) < 4.78 is 5.77. The first-order valence-electron chi connectivity index (χ1n) is 7.52. The molecule has 1 saturated heterocycles. The third kappa shape index (κ3) is 2.94. The average molecular weight is 278 g/mol. The van der Waals surface area contributed by atoms with Crippen molar-refractivity contribution >= 4 is 6.03 Å². The Labute approximate surface area is 118 Å². The van der Waals surface area contributed by atoms with E-state index in [4.69, 9.17) is 4.42 Å². The number of nitrogens with one attached hydrogen (secondary N) is 1. The number of amides is 2. The van der Waals surface area contributed by atoms with E-state index in [1.165, 1.54) is 12.8 Å². The van der Waals surface area contributed by atoms with Crippen LogP contribution < -0.4 is 5.32 Å². The predicted molar refractivity (Wildman–Crippen MR) is 73.5 cm³/mol. The Balaban J connectivity index is 1.53. The molecule has 1 aromatic heterocycles. The molecule has 1 N–H and O–H groups in total. The molecule has 110 valence electrons. The van der Waals surface area contributed by atoms with E-state index in [1.807, 2.05) is 18.7 Å². The van der Waals surface area contributed by atoms with Crippen molar-refractivity contribution in [2.75, 3.05) is 13.1 Å². The molecule has 6 nitrogen and oxygen atoms in total. The highest BCUT2D eigenvalue weighted by molar-refractivity contribution is 5.74. The van der Waals surface area contributed by atoms with Crippen LogP contribution in [0.25, 0.3) is 0 Å². The summed E-state index contributed by atoms with van der Waals surface area (Å²) in [5.41, 5.74) is 0. The van der Waals surface area contributed by atoms with E-state index in [0.717, 1.165) is 37.7 Å². The Morgan fingerprint density at radius 2 is 1.70 bits per heavy atom. The number of rotatable bonds is 3. The molecule has 0 atom stereocenters. The molecule has 1 aromatic rings. The van der Waals surface area contributed by atoms with Crippen LogP contribution in [-0.4, -0.2) is 40.3 Å². The lowest BCUT2D eigenvalue weighted by Crippen LogP contribution is -2.46. The van der Waals surface area contributed by atoms with Crippen molar-refractivity contribution in [1.82, 2.24) is 20.4 Å². The van der Waals surface area contributed by atoms with Gasteiger partial charge in [-0.1, -0.05) is 0 Å². The Bertz CT molecular complexity index is 473. The molecule has 1 saturated carbocycles. The smallest absolute Gasteiger partial charge is 0.317 e. The van der Waals surface area contributed by atoms with E-state index in [9.17, 15) is 4.79 Å². The van der Waals surface area contributed by atoms with Gasteiger partial charge in [0.2, 0.25) is 11.8 Å². The van der Waals surface area contributed by atoms with Crippen LogP contribution in [0.4, 0.5) is 4.79 Å². The molecule has 2 heterocycles. The fourth-order valence-corrected chi connectivity index (χ4v) is 2.57.